The summed E-state index contributed by atoms with van der Waals surface area (Å²) in [5.74, 6) is 0.275. The Morgan fingerprint density at radius 2 is 2.14 bits per heavy atom. The van der Waals surface area contributed by atoms with Crippen LogP contribution in [0.3, 0.4) is 0 Å². The van der Waals surface area contributed by atoms with E-state index in [4.69, 9.17) is 5.11 Å². The van der Waals surface area contributed by atoms with Gasteiger partial charge in [0.05, 0.1) is 6.61 Å². The van der Waals surface area contributed by atoms with Crippen LogP contribution in [0.15, 0.2) is 12.3 Å². The van der Waals surface area contributed by atoms with E-state index >= 15 is 0 Å². The number of anilines is 1. The van der Waals surface area contributed by atoms with Gasteiger partial charge in [0.15, 0.2) is 0 Å². The summed E-state index contributed by atoms with van der Waals surface area (Å²) in [6, 6.07) is 2.42. The number of hydrogen-bond acceptors (Lipinski definition) is 4. The molecule has 0 radical (unpaired) electrons. The summed E-state index contributed by atoms with van der Waals surface area (Å²) in [4.78, 5) is 5.22. The van der Waals surface area contributed by atoms with Crippen molar-refractivity contribution in [2.45, 2.75) is 38.5 Å². The number of aromatic nitrogens is 1. The van der Waals surface area contributed by atoms with Crippen LogP contribution in [0.4, 0.5) is 19.0 Å². The van der Waals surface area contributed by atoms with E-state index < -0.39 is 12.7 Å². The number of halogens is 3. The van der Waals surface area contributed by atoms with Gasteiger partial charge >= 0.3 is 6.18 Å². The van der Waals surface area contributed by atoms with Crippen molar-refractivity contribution < 1.29 is 18.3 Å². The molecule has 0 aliphatic heterocycles. The Morgan fingerprint density at radius 3 is 2.67 bits per heavy atom. The zero-order valence-electron chi connectivity index (χ0n) is 12.0. The number of alkyl halides is 3. The fourth-order valence-electron chi connectivity index (χ4n) is 2.20. The Kier molecular flexibility index (Phi) is 5.05. The summed E-state index contributed by atoms with van der Waals surface area (Å²) < 4.78 is 37.7. The number of nitrogens with one attached hydrogen (secondary N) is 1. The van der Waals surface area contributed by atoms with Crippen molar-refractivity contribution in [3.8, 4) is 0 Å². The summed E-state index contributed by atoms with van der Waals surface area (Å²) in [5, 5.41) is 12.3. The molecule has 0 unspecified atom stereocenters. The normalized spacial score (nSPS) is 15.3. The molecular formula is C14H20F3N3O. The van der Waals surface area contributed by atoms with Crippen LogP contribution in [-0.4, -0.2) is 42.0 Å². The number of aliphatic hydroxyl groups excluding tert-OH is 1. The van der Waals surface area contributed by atoms with Gasteiger partial charge in [-0.2, -0.15) is 13.2 Å². The van der Waals surface area contributed by atoms with Crippen LogP contribution in [0.1, 0.15) is 24.0 Å². The molecular weight excluding hydrogens is 283 g/mol. The van der Waals surface area contributed by atoms with Gasteiger partial charge in [-0.15, -0.1) is 0 Å². The minimum atomic E-state index is -4.32. The lowest BCUT2D eigenvalue weighted by Gasteiger charge is -2.25. The molecule has 0 bridgehead atoms. The van der Waals surface area contributed by atoms with Crippen molar-refractivity contribution in [1.29, 1.82) is 0 Å². The third-order valence-electron chi connectivity index (χ3n) is 3.32. The second kappa shape index (κ2) is 6.62. The van der Waals surface area contributed by atoms with Crippen molar-refractivity contribution in [3.63, 3.8) is 0 Å². The fraction of sp³-hybridized carbons (Fsp3) is 0.643. The average molecular weight is 303 g/mol. The first kappa shape index (κ1) is 16.0. The minimum absolute atomic E-state index is 0.0903. The molecule has 0 spiro atoms. The molecule has 1 aliphatic carbocycles. The van der Waals surface area contributed by atoms with E-state index in [1.807, 2.05) is 6.07 Å². The molecule has 0 saturated heterocycles. The molecule has 7 heteroatoms. The van der Waals surface area contributed by atoms with Crippen molar-refractivity contribution >= 4 is 5.82 Å². The Morgan fingerprint density at radius 1 is 1.43 bits per heavy atom. The monoisotopic (exact) mass is 303 g/mol. The van der Waals surface area contributed by atoms with Crippen LogP contribution >= 0.6 is 0 Å². The summed E-state index contributed by atoms with van der Waals surface area (Å²) in [6.07, 6.45) is -0.366. The highest BCUT2D eigenvalue weighted by molar-refractivity contribution is 5.47. The molecule has 0 amide bonds. The second-order valence-electron chi connectivity index (χ2n) is 5.40. The predicted molar refractivity (Wildman–Crippen MR) is 74.2 cm³/mol. The van der Waals surface area contributed by atoms with Gasteiger partial charge in [0.2, 0.25) is 0 Å². The fourth-order valence-corrected chi connectivity index (χ4v) is 2.20. The van der Waals surface area contributed by atoms with Crippen molar-refractivity contribution in [2.75, 3.05) is 24.6 Å². The van der Waals surface area contributed by atoms with Gasteiger partial charge in [0.25, 0.3) is 0 Å². The second-order valence-corrected chi connectivity index (χ2v) is 5.40. The first-order valence-corrected chi connectivity index (χ1v) is 7.00. The van der Waals surface area contributed by atoms with Gasteiger partial charge in [-0.1, -0.05) is 0 Å². The number of aliphatic hydroxyl groups is 1. The smallest absolute Gasteiger partial charge is 0.395 e. The maximum Gasteiger partial charge on any atom is 0.405 e. The van der Waals surface area contributed by atoms with E-state index in [2.05, 4.69) is 10.3 Å². The summed E-state index contributed by atoms with van der Waals surface area (Å²) in [7, 11) is 0. The summed E-state index contributed by atoms with van der Waals surface area (Å²) >= 11 is 0. The number of hydrogen-bond donors (Lipinski definition) is 2. The molecule has 0 atom stereocenters. The lowest BCUT2D eigenvalue weighted by molar-refractivity contribution is -0.120. The molecule has 0 aromatic carbocycles. The van der Waals surface area contributed by atoms with Crippen LogP contribution < -0.4 is 10.2 Å². The largest absolute Gasteiger partial charge is 0.405 e. The molecule has 118 valence electrons. The molecule has 1 saturated carbocycles. The highest BCUT2D eigenvalue weighted by Gasteiger charge is 2.31. The SMILES string of the molecule is Cc1cc(CNC2CC2)cnc1N(CCO)CC(F)(F)F. The lowest BCUT2D eigenvalue weighted by atomic mass is 10.2. The van der Waals surface area contributed by atoms with E-state index in [-0.39, 0.29) is 19.0 Å². The number of nitrogens with zero attached hydrogens (tertiary/aromatic N) is 2. The summed E-state index contributed by atoms with van der Waals surface area (Å²) in [6.45, 7) is 0.873. The van der Waals surface area contributed by atoms with Gasteiger partial charge in [0.1, 0.15) is 12.4 Å². The van der Waals surface area contributed by atoms with Crippen LogP contribution in [0.5, 0.6) is 0 Å². The van der Waals surface area contributed by atoms with Gasteiger partial charge in [0, 0.05) is 25.3 Å². The zero-order valence-corrected chi connectivity index (χ0v) is 12.0. The average Bonchev–Trinajstić information content (AvgIpc) is 3.18. The van der Waals surface area contributed by atoms with Crippen molar-refractivity contribution in [2.24, 2.45) is 0 Å². The van der Waals surface area contributed by atoms with Crippen LogP contribution in [0.2, 0.25) is 0 Å². The Labute approximate surface area is 122 Å². The predicted octanol–water partition coefficient (Wildman–Crippen LogP) is 2.00. The third kappa shape index (κ3) is 5.17. The van der Waals surface area contributed by atoms with Crippen LogP contribution in [0, 0.1) is 6.92 Å². The zero-order chi connectivity index (χ0) is 15.5. The molecule has 2 rings (SSSR count). The van der Waals surface area contributed by atoms with Gasteiger partial charge in [-0.05, 0) is 37.0 Å². The molecule has 1 heterocycles. The van der Waals surface area contributed by atoms with Crippen LogP contribution in [0.25, 0.3) is 0 Å². The lowest BCUT2D eigenvalue weighted by Crippen LogP contribution is -2.37. The summed E-state index contributed by atoms with van der Waals surface area (Å²) in [5.41, 5.74) is 1.64. The maximum absolute atomic E-state index is 12.6. The molecule has 1 aliphatic rings. The standard InChI is InChI=1S/C14H20F3N3O/c1-10-6-11(7-18-12-2-3-12)8-19-13(10)20(4-5-21)9-14(15,16)17/h6,8,12,18,21H,2-5,7,9H2,1H3. The first-order chi connectivity index (χ1) is 9.89. The minimum Gasteiger partial charge on any atom is -0.395 e. The highest BCUT2D eigenvalue weighted by atomic mass is 19.4. The molecule has 1 aromatic heterocycles. The van der Waals surface area contributed by atoms with E-state index in [0.29, 0.717) is 18.2 Å². The van der Waals surface area contributed by atoms with Gasteiger partial charge < -0.3 is 15.3 Å². The van der Waals surface area contributed by atoms with E-state index in [9.17, 15) is 13.2 Å². The Hall–Kier alpha value is -1.34. The van der Waals surface area contributed by atoms with Crippen LogP contribution in [-0.2, 0) is 6.54 Å². The number of rotatable bonds is 7. The maximum atomic E-state index is 12.6. The van der Waals surface area contributed by atoms with Gasteiger partial charge in [-0.3, -0.25) is 0 Å². The third-order valence-corrected chi connectivity index (χ3v) is 3.32. The van der Waals surface area contributed by atoms with Crippen molar-refractivity contribution in [3.05, 3.63) is 23.4 Å². The Balaban J connectivity index is 2.08. The highest BCUT2D eigenvalue weighted by Crippen LogP contribution is 2.24. The van der Waals surface area contributed by atoms with E-state index in [1.165, 1.54) is 12.8 Å². The number of aryl methyl sites for hydroxylation is 1. The number of pyridine rings is 1. The Bertz CT molecular complexity index is 475. The molecule has 1 aromatic rings. The van der Waals surface area contributed by atoms with E-state index in [1.54, 1.807) is 13.1 Å². The molecule has 4 nitrogen and oxygen atoms in total. The van der Waals surface area contributed by atoms with E-state index in [0.717, 1.165) is 10.5 Å². The first-order valence-electron chi connectivity index (χ1n) is 7.00. The van der Waals surface area contributed by atoms with Gasteiger partial charge in [-0.25, -0.2) is 4.98 Å². The van der Waals surface area contributed by atoms with Crippen molar-refractivity contribution in [1.82, 2.24) is 10.3 Å². The quantitative estimate of drug-likeness (QED) is 0.809. The molecule has 21 heavy (non-hydrogen) atoms. The molecule has 2 N–H and O–H groups in total. The topological polar surface area (TPSA) is 48.4 Å². The molecule has 1 fully saturated rings.